The number of nitrogen functional groups attached to an aromatic ring is 1. The molecule has 1 aliphatic rings. The van der Waals surface area contributed by atoms with E-state index >= 15 is 0 Å². The van der Waals surface area contributed by atoms with Crippen molar-refractivity contribution in [2.24, 2.45) is 16.7 Å². The van der Waals surface area contributed by atoms with Crippen LogP contribution < -0.4 is 11.1 Å². The van der Waals surface area contributed by atoms with Gasteiger partial charge < -0.3 is 11.1 Å². The number of rotatable bonds is 3. The minimum absolute atomic E-state index is 0.0493. The third kappa shape index (κ3) is 2.17. The van der Waals surface area contributed by atoms with Crippen molar-refractivity contribution in [3.63, 3.8) is 0 Å². The highest BCUT2D eigenvalue weighted by molar-refractivity contribution is 5.98. The van der Waals surface area contributed by atoms with Crippen molar-refractivity contribution in [2.75, 3.05) is 12.3 Å². The molecule has 1 aliphatic carbocycles. The van der Waals surface area contributed by atoms with E-state index in [2.05, 4.69) is 38.0 Å². The predicted molar refractivity (Wildman–Crippen MR) is 72.0 cm³/mol. The van der Waals surface area contributed by atoms with Gasteiger partial charge in [-0.3, -0.25) is 4.79 Å². The molecule has 3 N–H and O–H groups in total. The molecule has 0 aliphatic heterocycles. The second kappa shape index (κ2) is 4.18. The monoisotopic (exact) mass is 265 g/mol. The quantitative estimate of drug-likeness (QED) is 0.880. The highest BCUT2D eigenvalue weighted by atomic mass is 19.1. The van der Waals surface area contributed by atoms with Crippen LogP contribution in [0.3, 0.4) is 0 Å². The van der Waals surface area contributed by atoms with Crippen molar-refractivity contribution < 1.29 is 9.18 Å². The molecule has 0 bridgehead atoms. The van der Waals surface area contributed by atoms with Crippen LogP contribution in [0.15, 0.2) is 12.3 Å². The number of nitrogens with one attached hydrogen (secondary N) is 1. The zero-order chi connectivity index (χ0) is 14.4. The van der Waals surface area contributed by atoms with E-state index in [1.54, 1.807) is 0 Å². The fraction of sp³-hybridized carbons (Fsp3) is 0.571. The smallest absolute Gasteiger partial charge is 0.255 e. The number of carbonyl (C=O) groups excluding carboxylic acids is 1. The van der Waals surface area contributed by atoms with Gasteiger partial charge in [0, 0.05) is 6.54 Å². The van der Waals surface area contributed by atoms with Gasteiger partial charge in [0.2, 0.25) is 0 Å². The number of nitrogens with two attached hydrogens (primary N) is 1. The lowest BCUT2D eigenvalue weighted by Gasteiger charge is -2.08. The Balaban J connectivity index is 2.02. The summed E-state index contributed by atoms with van der Waals surface area (Å²) >= 11 is 0. The average molecular weight is 265 g/mol. The molecule has 0 radical (unpaired) electrons. The summed E-state index contributed by atoms with van der Waals surface area (Å²) in [5.41, 5.74) is 6.07. The standard InChI is InChI=1S/C14H20FN3O/c1-13(2)10(14(13,3)4)7-18-12(19)9-5-8(15)6-17-11(9)16/h5-6,10H,7H2,1-4H3,(H2,16,17)(H,18,19). The van der Waals surface area contributed by atoms with Crippen LogP contribution in [0.5, 0.6) is 0 Å². The van der Waals surface area contributed by atoms with E-state index in [0.29, 0.717) is 12.5 Å². The molecule has 0 atom stereocenters. The molecule has 0 unspecified atom stereocenters. The van der Waals surface area contributed by atoms with E-state index in [1.165, 1.54) is 0 Å². The van der Waals surface area contributed by atoms with Crippen LogP contribution in [0.2, 0.25) is 0 Å². The maximum Gasteiger partial charge on any atom is 0.255 e. The summed E-state index contributed by atoms with van der Waals surface area (Å²) < 4.78 is 13.1. The molecular weight excluding hydrogens is 245 g/mol. The Morgan fingerprint density at radius 2 is 2.00 bits per heavy atom. The number of hydrogen-bond donors (Lipinski definition) is 2. The minimum Gasteiger partial charge on any atom is -0.383 e. The number of anilines is 1. The molecule has 1 amide bonds. The Morgan fingerprint density at radius 1 is 1.42 bits per heavy atom. The maximum absolute atomic E-state index is 13.1. The average Bonchev–Trinajstić information content (AvgIpc) is 2.70. The van der Waals surface area contributed by atoms with Crippen molar-refractivity contribution >= 4 is 11.7 Å². The summed E-state index contributed by atoms with van der Waals surface area (Å²) in [4.78, 5) is 15.6. The maximum atomic E-state index is 13.1. The van der Waals surface area contributed by atoms with Crippen molar-refractivity contribution in [3.8, 4) is 0 Å². The fourth-order valence-electron chi connectivity index (χ4n) is 2.77. The highest BCUT2D eigenvalue weighted by Gasteiger charge is 2.64. The summed E-state index contributed by atoms with van der Waals surface area (Å²) in [7, 11) is 0. The van der Waals surface area contributed by atoms with E-state index in [0.717, 1.165) is 12.3 Å². The number of amides is 1. The van der Waals surface area contributed by atoms with Crippen molar-refractivity contribution in [2.45, 2.75) is 27.7 Å². The predicted octanol–water partition coefficient (Wildman–Crippen LogP) is 2.21. The van der Waals surface area contributed by atoms with Gasteiger partial charge in [0.05, 0.1) is 11.8 Å². The molecule has 1 aromatic rings. The lowest BCUT2D eigenvalue weighted by molar-refractivity contribution is 0.0950. The van der Waals surface area contributed by atoms with E-state index in [1.807, 2.05) is 0 Å². The first-order valence-electron chi connectivity index (χ1n) is 6.37. The van der Waals surface area contributed by atoms with Gasteiger partial charge in [-0.25, -0.2) is 9.37 Å². The van der Waals surface area contributed by atoms with Gasteiger partial charge >= 0.3 is 0 Å². The van der Waals surface area contributed by atoms with Crippen molar-refractivity contribution in [1.29, 1.82) is 0 Å². The second-order valence-electron chi connectivity index (χ2n) is 6.29. The molecule has 104 valence electrons. The molecular formula is C14H20FN3O. The first-order valence-corrected chi connectivity index (χ1v) is 6.37. The Morgan fingerprint density at radius 3 is 2.53 bits per heavy atom. The third-order valence-electron chi connectivity index (χ3n) is 4.92. The van der Waals surface area contributed by atoms with Gasteiger partial charge in [-0.15, -0.1) is 0 Å². The first kappa shape index (κ1) is 13.8. The van der Waals surface area contributed by atoms with Crippen LogP contribution in [0.4, 0.5) is 10.2 Å². The molecule has 1 saturated carbocycles. The van der Waals surface area contributed by atoms with E-state index < -0.39 is 5.82 Å². The van der Waals surface area contributed by atoms with Gasteiger partial charge in [0.15, 0.2) is 0 Å². The van der Waals surface area contributed by atoms with Crippen LogP contribution in [-0.2, 0) is 0 Å². The molecule has 5 heteroatoms. The van der Waals surface area contributed by atoms with Gasteiger partial charge in [-0.05, 0) is 22.8 Å². The summed E-state index contributed by atoms with van der Waals surface area (Å²) in [5, 5.41) is 2.81. The molecule has 19 heavy (non-hydrogen) atoms. The van der Waals surface area contributed by atoms with Gasteiger partial charge in [-0.2, -0.15) is 0 Å². The molecule has 0 aromatic carbocycles. The Labute approximate surface area is 112 Å². The van der Waals surface area contributed by atoms with Gasteiger partial charge in [-0.1, -0.05) is 27.7 Å². The van der Waals surface area contributed by atoms with Crippen LogP contribution >= 0.6 is 0 Å². The SMILES string of the molecule is CC1(C)C(CNC(=O)c2cc(F)cnc2N)C1(C)C. The Hall–Kier alpha value is -1.65. The van der Waals surface area contributed by atoms with Crippen molar-refractivity contribution in [3.05, 3.63) is 23.6 Å². The van der Waals surface area contributed by atoms with Crippen LogP contribution in [0, 0.1) is 22.6 Å². The number of nitrogens with zero attached hydrogens (tertiary/aromatic N) is 1. The van der Waals surface area contributed by atoms with Crippen LogP contribution in [0.25, 0.3) is 0 Å². The molecule has 4 nitrogen and oxygen atoms in total. The minimum atomic E-state index is -0.563. The molecule has 0 saturated heterocycles. The summed E-state index contributed by atoms with van der Waals surface area (Å²) in [6, 6.07) is 1.11. The number of halogens is 1. The molecule has 0 spiro atoms. The third-order valence-corrected chi connectivity index (χ3v) is 4.92. The zero-order valence-corrected chi connectivity index (χ0v) is 11.7. The summed E-state index contributed by atoms with van der Waals surface area (Å²) in [6.45, 7) is 9.29. The lowest BCUT2D eigenvalue weighted by Crippen LogP contribution is -2.28. The van der Waals surface area contributed by atoms with Crippen molar-refractivity contribution in [1.82, 2.24) is 10.3 Å². The fourth-order valence-corrected chi connectivity index (χ4v) is 2.77. The largest absolute Gasteiger partial charge is 0.383 e. The molecule has 1 heterocycles. The normalized spacial score (nSPS) is 20.1. The van der Waals surface area contributed by atoms with Gasteiger partial charge in [0.1, 0.15) is 11.6 Å². The molecule has 1 fully saturated rings. The lowest BCUT2D eigenvalue weighted by atomic mass is 10.0. The summed E-state index contributed by atoms with van der Waals surface area (Å²) in [5.74, 6) is -0.477. The second-order valence-corrected chi connectivity index (χ2v) is 6.29. The molecule has 2 rings (SSSR count). The van der Waals surface area contributed by atoms with E-state index in [9.17, 15) is 9.18 Å². The first-order chi connectivity index (χ1) is 8.68. The van der Waals surface area contributed by atoms with Gasteiger partial charge in [0.25, 0.3) is 5.91 Å². The van der Waals surface area contributed by atoms with E-state index in [-0.39, 0.29) is 28.1 Å². The van der Waals surface area contributed by atoms with Crippen LogP contribution in [-0.4, -0.2) is 17.4 Å². The number of aromatic nitrogens is 1. The molecule has 1 aromatic heterocycles. The summed E-state index contributed by atoms with van der Waals surface area (Å²) in [6.07, 6.45) is 0.999. The Kier molecular flexibility index (Phi) is 3.03. The number of carbonyl (C=O) groups is 1. The van der Waals surface area contributed by atoms with E-state index in [4.69, 9.17) is 5.73 Å². The zero-order valence-electron chi connectivity index (χ0n) is 11.7. The number of hydrogen-bond acceptors (Lipinski definition) is 3. The Bertz CT molecular complexity index is 511. The number of pyridine rings is 1. The van der Waals surface area contributed by atoms with Crippen LogP contribution in [0.1, 0.15) is 38.1 Å². The highest BCUT2D eigenvalue weighted by Crippen LogP contribution is 2.67. The topological polar surface area (TPSA) is 68.0 Å².